The number of amides is 1. The number of hydrogen-bond donors (Lipinski definition) is 1. The number of pyridine rings is 2. The summed E-state index contributed by atoms with van der Waals surface area (Å²) < 4.78 is 39.8. The van der Waals surface area contributed by atoms with Crippen LogP contribution in [0.25, 0.3) is 11.5 Å². The van der Waals surface area contributed by atoms with E-state index >= 15 is 0 Å². The third kappa shape index (κ3) is 5.03. The molecule has 0 bridgehead atoms. The van der Waals surface area contributed by atoms with Crippen molar-refractivity contribution >= 4 is 17.5 Å². The van der Waals surface area contributed by atoms with Crippen molar-refractivity contribution in [3.8, 4) is 17.4 Å². The maximum Gasteiger partial charge on any atom is 0.316 e. The third-order valence-corrected chi connectivity index (χ3v) is 5.56. The minimum atomic E-state index is -0.989. The van der Waals surface area contributed by atoms with Crippen molar-refractivity contribution in [2.75, 3.05) is 6.54 Å². The molecule has 0 saturated heterocycles. The maximum absolute atomic E-state index is 14.0. The third-order valence-electron chi connectivity index (χ3n) is 5.35. The summed E-state index contributed by atoms with van der Waals surface area (Å²) >= 11 is 6.17. The quantitative estimate of drug-likeness (QED) is 0.351. The molecule has 0 aliphatic carbocycles. The van der Waals surface area contributed by atoms with E-state index in [-0.39, 0.29) is 29.3 Å². The van der Waals surface area contributed by atoms with Crippen LogP contribution in [0.2, 0.25) is 5.15 Å². The van der Waals surface area contributed by atoms with Crippen molar-refractivity contribution in [2.24, 2.45) is 7.05 Å². The lowest BCUT2D eigenvalue weighted by Gasteiger charge is -2.30. The molecule has 1 amide bonds. The number of aryl methyl sites for hydroxylation is 1. The van der Waals surface area contributed by atoms with E-state index in [2.05, 4.69) is 30.5 Å². The van der Waals surface area contributed by atoms with E-state index in [1.54, 1.807) is 36.1 Å². The number of nitrogens with zero attached hydrogens (tertiary/aromatic N) is 6. The van der Waals surface area contributed by atoms with Crippen LogP contribution < -0.4 is 10.1 Å². The van der Waals surface area contributed by atoms with Gasteiger partial charge in [-0.1, -0.05) is 22.8 Å². The zero-order valence-electron chi connectivity index (χ0n) is 19.8. The van der Waals surface area contributed by atoms with Crippen LogP contribution in [0.3, 0.4) is 0 Å². The van der Waals surface area contributed by atoms with Gasteiger partial charge in [-0.2, -0.15) is 10.1 Å². The molecule has 36 heavy (non-hydrogen) atoms. The van der Waals surface area contributed by atoms with Gasteiger partial charge in [0, 0.05) is 25.2 Å². The number of ether oxygens (including phenoxy) is 1. The molecule has 1 atom stereocenters. The molecule has 0 aliphatic heterocycles. The largest absolute Gasteiger partial charge is 0.475 e. The molecule has 4 rings (SSSR count). The number of carbonyl (C=O) groups excluding carboxylic acids is 1. The lowest BCUT2D eigenvalue weighted by Crippen LogP contribution is -2.40. The van der Waals surface area contributed by atoms with Gasteiger partial charge in [0.25, 0.3) is 0 Å². The molecule has 0 fully saturated rings. The highest BCUT2D eigenvalue weighted by atomic mass is 35.5. The Balaban J connectivity index is 1.64. The van der Waals surface area contributed by atoms with Crippen LogP contribution in [0, 0.1) is 11.6 Å². The second-order valence-electron chi connectivity index (χ2n) is 8.42. The first-order valence-electron chi connectivity index (χ1n) is 10.8. The first kappa shape index (κ1) is 25.2. The smallest absolute Gasteiger partial charge is 0.316 e. The Bertz CT molecular complexity index is 1410. The van der Waals surface area contributed by atoms with Crippen molar-refractivity contribution in [2.45, 2.75) is 32.3 Å². The number of hydrogen-bond acceptors (Lipinski definition) is 8. The standard InChI is InChI=1S/C23H22ClF2N7O3/c1-12(2)35-22-14(10-29-33(22)4)23(3,16-6-5-7-17(24)30-16)11-28-20(34)21-31-19(32-36-21)18-15(26)8-13(25)9-27-18/h5-10,12H,11H2,1-4H3,(H,28,34). The van der Waals surface area contributed by atoms with Crippen molar-refractivity contribution < 1.29 is 22.8 Å². The first-order valence-corrected chi connectivity index (χ1v) is 11.2. The molecule has 13 heteroatoms. The van der Waals surface area contributed by atoms with Crippen LogP contribution in [0.15, 0.2) is 41.2 Å². The molecule has 4 aromatic heterocycles. The molecular weight excluding hydrogens is 496 g/mol. The summed E-state index contributed by atoms with van der Waals surface area (Å²) in [5.74, 6) is -2.79. The van der Waals surface area contributed by atoms with Gasteiger partial charge >= 0.3 is 11.8 Å². The summed E-state index contributed by atoms with van der Waals surface area (Å²) in [6.07, 6.45) is 2.31. The Morgan fingerprint density at radius 1 is 1.28 bits per heavy atom. The van der Waals surface area contributed by atoms with Crippen molar-refractivity contribution in [3.63, 3.8) is 0 Å². The monoisotopic (exact) mass is 517 g/mol. The first-order chi connectivity index (χ1) is 17.1. The summed E-state index contributed by atoms with van der Waals surface area (Å²) in [6, 6.07) is 5.80. The molecule has 1 N–H and O–H groups in total. The highest BCUT2D eigenvalue weighted by Crippen LogP contribution is 2.37. The Morgan fingerprint density at radius 3 is 2.75 bits per heavy atom. The molecule has 4 aromatic rings. The van der Waals surface area contributed by atoms with Crippen molar-refractivity contribution in [1.82, 2.24) is 35.2 Å². The van der Waals surface area contributed by atoms with Gasteiger partial charge in [-0.3, -0.25) is 4.79 Å². The number of carbonyl (C=O) groups is 1. The fourth-order valence-corrected chi connectivity index (χ4v) is 3.69. The van der Waals surface area contributed by atoms with Gasteiger partial charge in [0.2, 0.25) is 11.7 Å². The highest BCUT2D eigenvalue weighted by Gasteiger charge is 2.37. The van der Waals surface area contributed by atoms with Crippen LogP contribution in [0.1, 0.15) is 42.7 Å². The van der Waals surface area contributed by atoms with E-state index in [0.29, 0.717) is 23.2 Å². The SMILES string of the molecule is CC(C)Oc1c(C(C)(CNC(=O)c2nc(-c3ncc(F)cc3F)no2)c2cccc(Cl)n2)cnn1C. The summed E-state index contributed by atoms with van der Waals surface area (Å²) in [5.41, 5.74) is -0.0664. The molecule has 0 aromatic carbocycles. The molecule has 0 saturated carbocycles. The van der Waals surface area contributed by atoms with Crippen LogP contribution in [0.5, 0.6) is 5.88 Å². The fraction of sp³-hybridized carbons (Fsp3) is 0.304. The van der Waals surface area contributed by atoms with Gasteiger partial charge in [0.05, 0.1) is 29.6 Å². The molecule has 4 heterocycles. The lowest BCUT2D eigenvalue weighted by molar-refractivity contribution is 0.0902. The van der Waals surface area contributed by atoms with E-state index < -0.39 is 28.8 Å². The van der Waals surface area contributed by atoms with E-state index in [9.17, 15) is 13.6 Å². The summed E-state index contributed by atoms with van der Waals surface area (Å²) in [5, 5.41) is 10.9. The molecule has 0 spiro atoms. The van der Waals surface area contributed by atoms with Gasteiger partial charge < -0.3 is 14.6 Å². The van der Waals surface area contributed by atoms with E-state index in [0.717, 1.165) is 6.20 Å². The van der Waals surface area contributed by atoms with Crippen LogP contribution in [-0.4, -0.2) is 48.4 Å². The zero-order valence-corrected chi connectivity index (χ0v) is 20.5. The van der Waals surface area contributed by atoms with Gasteiger partial charge in [-0.05, 0) is 32.9 Å². The van der Waals surface area contributed by atoms with Crippen LogP contribution in [0.4, 0.5) is 8.78 Å². The Kier molecular flexibility index (Phi) is 6.97. The number of aromatic nitrogens is 6. The molecule has 188 valence electrons. The average molecular weight is 518 g/mol. The maximum atomic E-state index is 14.0. The fourth-order valence-electron chi connectivity index (χ4n) is 3.53. The van der Waals surface area contributed by atoms with E-state index in [1.165, 1.54) is 0 Å². The van der Waals surface area contributed by atoms with Gasteiger partial charge in [0.15, 0.2) is 5.82 Å². The zero-order chi connectivity index (χ0) is 26.0. The summed E-state index contributed by atoms with van der Waals surface area (Å²) in [4.78, 5) is 24.9. The van der Waals surface area contributed by atoms with Gasteiger partial charge in [-0.25, -0.2) is 23.4 Å². The predicted molar refractivity (Wildman–Crippen MR) is 124 cm³/mol. The normalized spacial score (nSPS) is 13.0. The molecule has 1 unspecified atom stereocenters. The number of halogens is 3. The summed E-state index contributed by atoms with van der Waals surface area (Å²) in [7, 11) is 1.74. The second-order valence-corrected chi connectivity index (χ2v) is 8.81. The topological polar surface area (TPSA) is 121 Å². The van der Waals surface area contributed by atoms with Crippen molar-refractivity contribution in [3.05, 3.63) is 70.6 Å². The molecule has 0 aliphatic rings. The second kappa shape index (κ2) is 9.97. The minimum absolute atomic E-state index is 0.0141. The van der Waals surface area contributed by atoms with E-state index in [4.69, 9.17) is 20.9 Å². The van der Waals surface area contributed by atoms with Crippen LogP contribution >= 0.6 is 11.6 Å². The van der Waals surface area contributed by atoms with Gasteiger partial charge in [0.1, 0.15) is 16.7 Å². The molecule has 10 nitrogen and oxygen atoms in total. The summed E-state index contributed by atoms with van der Waals surface area (Å²) in [6.45, 7) is 5.65. The Morgan fingerprint density at radius 2 is 2.06 bits per heavy atom. The molecule has 0 radical (unpaired) electrons. The van der Waals surface area contributed by atoms with Gasteiger partial charge in [-0.15, -0.1) is 0 Å². The number of nitrogens with one attached hydrogen (secondary N) is 1. The molecular formula is C23H22ClF2N7O3. The lowest BCUT2D eigenvalue weighted by atomic mass is 9.80. The number of rotatable bonds is 8. The Hall–Kier alpha value is -3.93. The average Bonchev–Trinajstić information content (AvgIpc) is 3.45. The van der Waals surface area contributed by atoms with E-state index in [1.807, 2.05) is 20.8 Å². The predicted octanol–water partition coefficient (Wildman–Crippen LogP) is 3.71. The van der Waals surface area contributed by atoms with Crippen LogP contribution in [-0.2, 0) is 12.5 Å². The highest BCUT2D eigenvalue weighted by molar-refractivity contribution is 6.29. The Labute approximate surface area is 209 Å². The minimum Gasteiger partial charge on any atom is -0.475 e. The van der Waals surface area contributed by atoms with Crippen molar-refractivity contribution in [1.29, 1.82) is 0 Å².